The fourth-order valence-electron chi connectivity index (χ4n) is 3.22. The molecule has 1 aliphatic heterocycles. The van der Waals surface area contributed by atoms with E-state index >= 15 is 0 Å². The van der Waals surface area contributed by atoms with Crippen LogP contribution in [0.3, 0.4) is 0 Å². The Morgan fingerprint density at radius 3 is 2.93 bits per heavy atom. The van der Waals surface area contributed by atoms with Crippen LogP contribution in [0.2, 0.25) is 0 Å². The summed E-state index contributed by atoms with van der Waals surface area (Å²) in [6.45, 7) is 5.67. The molecule has 1 unspecified atom stereocenters. The monoisotopic (exact) mass is 369 g/mol. The minimum Gasteiger partial charge on any atom is -0.491 e. The van der Waals surface area contributed by atoms with Gasteiger partial charge in [0.15, 0.2) is 0 Å². The molecule has 0 aliphatic carbocycles. The van der Waals surface area contributed by atoms with E-state index in [1.807, 2.05) is 17.0 Å². The average Bonchev–Trinajstić information content (AvgIpc) is 3.16. The largest absolute Gasteiger partial charge is 0.491 e. The third-order valence-electron chi connectivity index (χ3n) is 4.64. The van der Waals surface area contributed by atoms with Crippen molar-refractivity contribution in [1.29, 1.82) is 0 Å². The van der Waals surface area contributed by atoms with Gasteiger partial charge in [0, 0.05) is 13.1 Å². The van der Waals surface area contributed by atoms with Gasteiger partial charge in [0.2, 0.25) is 0 Å². The molecule has 1 aromatic heterocycles. The molecule has 1 aliphatic rings. The predicted octanol–water partition coefficient (Wildman–Crippen LogP) is 4.95. The van der Waals surface area contributed by atoms with E-state index in [-0.39, 0.29) is 12.1 Å². The van der Waals surface area contributed by atoms with Gasteiger partial charge < -0.3 is 19.5 Å². The van der Waals surface area contributed by atoms with Crippen molar-refractivity contribution < 1.29 is 14.1 Å². The number of amides is 2. The number of hydrogen-bond donors (Lipinski definition) is 1. The normalized spacial score (nSPS) is 15.3. The van der Waals surface area contributed by atoms with E-state index in [0.717, 1.165) is 37.0 Å². The van der Waals surface area contributed by atoms with Crippen LogP contribution in [0.15, 0.2) is 46.8 Å². The maximum atomic E-state index is 12.2. The van der Waals surface area contributed by atoms with Crippen molar-refractivity contribution in [2.24, 2.45) is 0 Å². The van der Waals surface area contributed by atoms with Crippen molar-refractivity contribution >= 4 is 17.8 Å². The summed E-state index contributed by atoms with van der Waals surface area (Å²) in [5.74, 6) is 0.913. The fraction of sp³-hybridized carbons (Fsp3) is 0.429. The molecule has 0 radical (unpaired) electrons. The maximum absolute atomic E-state index is 12.2. The van der Waals surface area contributed by atoms with Gasteiger partial charge in [-0.2, -0.15) is 0 Å². The first kappa shape index (κ1) is 19.0. The molecule has 2 amide bonds. The number of carbonyl (C=O) groups excluding carboxylic acids is 1. The van der Waals surface area contributed by atoms with E-state index in [4.69, 9.17) is 9.26 Å². The topological polar surface area (TPSA) is 67.6 Å². The lowest BCUT2D eigenvalue weighted by Crippen LogP contribution is -2.39. The Kier molecular flexibility index (Phi) is 6.52. The Labute approximate surface area is 160 Å². The molecule has 3 rings (SSSR count). The van der Waals surface area contributed by atoms with Crippen molar-refractivity contribution in [3.8, 4) is 5.75 Å². The second-order valence-electron chi connectivity index (χ2n) is 6.92. The summed E-state index contributed by atoms with van der Waals surface area (Å²) in [5.41, 5.74) is 3.08. The van der Waals surface area contributed by atoms with E-state index in [9.17, 15) is 4.79 Å². The van der Waals surface area contributed by atoms with Crippen LogP contribution in [0.5, 0.6) is 5.75 Å². The van der Waals surface area contributed by atoms with Gasteiger partial charge in [-0.25, -0.2) is 4.79 Å². The number of nitrogens with one attached hydrogen (secondary N) is 1. The van der Waals surface area contributed by atoms with Gasteiger partial charge in [0.25, 0.3) is 0 Å². The molecular weight excluding hydrogens is 342 g/mol. The number of benzene rings is 1. The smallest absolute Gasteiger partial charge is 0.321 e. The van der Waals surface area contributed by atoms with Crippen LogP contribution in [-0.2, 0) is 0 Å². The SMILES string of the molecule is CCCC(C)Oc1cccc(C=C2CCN(C(=O)Nc3cnoc3)CC2)c1. The van der Waals surface area contributed by atoms with Crippen LogP contribution in [0, 0.1) is 0 Å². The zero-order valence-corrected chi connectivity index (χ0v) is 16.0. The molecule has 27 heavy (non-hydrogen) atoms. The quantitative estimate of drug-likeness (QED) is 0.782. The predicted molar refractivity (Wildman–Crippen MR) is 106 cm³/mol. The van der Waals surface area contributed by atoms with Gasteiger partial charge >= 0.3 is 6.03 Å². The fourth-order valence-corrected chi connectivity index (χ4v) is 3.22. The molecule has 0 saturated carbocycles. The first-order valence-electron chi connectivity index (χ1n) is 9.55. The summed E-state index contributed by atoms with van der Waals surface area (Å²) >= 11 is 0. The molecule has 0 spiro atoms. The highest BCUT2D eigenvalue weighted by molar-refractivity contribution is 5.89. The highest BCUT2D eigenvalue weighted by Gasteiger charge is 2.19. The summed E-state index contributed by atoms with van der Waals surface area (Å²) in [6.07, 6.45) is 9.26. The molecular formula is C21H27N3O3. The lowest BCUT2D eigenvalue weighted by Gasteiger charge is -2.28. The number of urea groups is 1. The Morgan fingerprint density at radius 2 is 2.22 bits per heavy atom. The molecule has 1 aromatic carbocycles. The van der Waals surface area contributed by atoms with Crippen LogP contribution in [0.25, 0.3) is 6.08 Å². The summed E-state index contributed by atoms with van der Waals surface area (Å²) in [4.78, 5) is 14.1. The molecule has 6 nitrogen and oxygen atoms in total. The highest BCUT2D eigenvalue weighted by atomic mass is 16.5. The second-order valence-corrected chi connectivity index (χ2v) is 6.92. The minimum absolute atomic E-state index is 0.113. The van der Waals surface area contributed by atoms with E-state index in [1.54, 1.807) is 0 Å². The Bertz CT molecular complexity index is 761. The molecule has 1 atom stereocenters. The first-order chi connectivity index (χ1) is 13.1. The van der Waals surface area contributed by atoms with E-state index in [0.29, 0.717) is 18.8 Å². The summed E-state index contributed by atoms with van der Waals surface area (Å²) in [6, 6.07) is 8.10. The number of nitrogens with zero attached hydrogens (tertiary/aromatic N) is 2. The molecule has 144 valence electrons. The number of likely N-dealkylation sites (tertiary alicyclic amines) is 1. The van der Waals surface area contributed by atoms with Gasteiger partial charge in [-0.3, -0.25) is 0 Å². The number of rotatable bonds is 6. The Balaban J connectivity index is 1.54. The molecule has 1 fully saturated rings. The van der Waals surface area contributed by atoms with Gasteiger partial charge in [0.1, 0.15) is 17.7 Å². The van der Waals surface area contributed by atoms with Gasteiger partial charge in [-0.15, -0.1) is 0 Å². The van der Waals surface area contributed by atoms with Crippen molar-refractivity contribution in [1.82, 2.24) is 10.1 Å². The number of piperidine rings is 1. The van der Waals surface area contributed by atoms with Gasteiger partial charge in [0.05, 0.1) is 12.3 Å². The highest BCUT2D eigenvalue weighted by Crippen LogP contribution is 2.23. The number of ether oxygens (including phenoxy) is 1. The Morgan fingerprint density at radius 1 is 1.41 bits per heavy atom. The molecule has 1 N–H and O–H groups in total. The summed E-state index contributed by atoms with van der Waals surface area (Å²) in [7, 11) is 0. The molecule has 2 heterocycles. The van der Waals surface area contributed by atoms with Crippen LogP contribution in [0.1, 0.15) is 45.1 Å². The molecule has 1 saturated heterocycles. The number of hydrogen-bond acceptors (Lipinski definition) is 4. The zero-order chi connectivity index (χ0) is 19.1. The molecule has 2 aromatic rings. The van der Waals surface area contributed by atoms with Crippen molar-refractivity contribution in [2.45, 2.75) is 45.6 Å². The first-order valence-corrected chi connectivity index (χ1v) is 9.55. The van der Waals surface area contributed by atoms with Crippen LogP contribution < -0.4 is 10.1 Å². The standard InChI is InChI=1S/C21H27N3O3/c1-3-5-16(2)27-20-7-4-6-18(13-20)12-17-8-10-24(11-9-17)21(25)23-19-14-22-26-15-19/h4,6-7,12-16H,3,5,8-11H2,1-2H3,(H,23,25). The van der Waals surface area contributed by atoms with E-state index in [1.165, 1.54) is 18.0 Å². The van der Waals surface area contributed by atoms with Crippen molar-refractivity contribution in [3.63, 3.8) is 0 Å². The minimum atomic E-state index is -0.113. The van der Waals surface area contributed by atoms with Crippen molar-refractivity contribution in [2.75, 3.05) is 18.4 Å². The van der Waals surface area contributed by atoms with Crippen LogP contribution >= 0.6 is 0 Å². The van der Waals surface area contributed by atoms with Crippen molar-refractivity contribution in [3.05, 3.63) is 47.9 Å². The summed E-state index contributed by atoms with van der Waals surface area (Å²) in [5, 5.41) is 6.37. The Hall–Kier alpha value is -2.76. The van der Waals surface area contributed by atoms with Gasteiger partial charge in [-0.05, 0) is 43.9 Å². The number of aromatic nitrogens is 1. The summed E-state index contributed by atoms with van der Waals surface area (Å²) < 4.78 is 10.7. The number of anilines is 1. The lowest BCUT2D eigenvalue weighted by atomic mass is 10.0. The molecule has 0 bridgehead atoms. The van der Waals surface area contributed by atoms with Crippen LogP contribution in [-0.4, -0.2) is 35.3 Å². The van der Waals surface area contributed by atoms with E-state index in [2.05, 4.69) is 42.5 Å². The third-order valence-corrected chi connectivity index (χ3v) is 4.64. The van der Waals surface area contributed by atoms with Crippen LogP contribution in [0.4, 0.5) is 10.5 Å². The number of carbonyl (C=O) groups is 1. The lowest BCUT2D eigenvalue weighted by molar-refractivity contribution is 0.207. The van der Waals surface area contributed by atoms with E-state index < -0.39 is 0 Å². The average molecular weight is 369 g/mol. The zero-order valence-electron chi connectivity index (χ0n) is 16.0. The maximum Gasteiger partial charge on any atom is 0.321 e. The third kappa shape index (κ3) is 5.61. The second kappa shape index (κ2) is 9.26. The molecule has 6 heteroatoms. The van der Waals surface area contributed by atoms with Gasteiger partial charge in [-0.1, -0.05) is 42.3 Å².